The van der Waals surface area contributed by atoms with E-state index in [1.165, 1.54) is 69.4 Å². The second kappa shape index (κ2) is 11.8. The van der Waals surface area contributed by atoms with E-state index in [0.29, 0.717) is 18.4 Å². The van der Waals surface area contributed by atoms with Crippen LogP contribution in [0.2, 0.25) is 0 Å². The van der Waals surface area contributed by atoms with Crippen LogP contribution in [0.4, 0.5) is 22.0 Å². The first-order chi connectivity index (χ1) is 17.2. The topological polar surface area (TPSA) is 9.23 Å². The molecule has 196 valence electrons. The first-order valence-corrected chi connectivity index (χ1v) is 13.3. The highest BCUT2D eigenvalue weighted by atomic mass is 19.4. The maximum atomic E-state index is 15.3. The molecule has 0 spiro atoms. The summed E-state index contributed by atoms with van der Waals surface area (Å²) in [5.74, 6) is -0.852. The number of benzene rings is 2. The van der Waals surface area contributed by atoms with E-state index in [2.05, 4.69) is 17.7 Å². The molecule has 0 bridgehead atoms. The molecule has 36 heavy (non-hydrogen) atoms. The van der Waals surface area contributed by atoms with Crippen LogP contribution >= 0.6 is 0 Å². The van der Waals surface area contributed by atoms with Crippen molar-refractivity contribution < 1.29 is 26.7 Å². The van der Waals surface area contributed by atoms with Crippen LogP contribution in [0, 0.1) is 23.5 Å². The Morgan fingerprint density at radius 3 is 2.31 bits per heavy atom. The Labute approximate surface area is 210 Å². The van der Waals surface area contributed by atoms with Crippen molar-refractivity contribution in [2.45, 2.75) is 90.3 Å². The molecule has 1 nitrogen and oxygen atoms in total. The van der Waals surface area contributed by atoms with E-state index in [-0.39, 0.29) is 11.1 Å². The Morgan fingerprint density at radius 1 is 0.917 bits per heavy atom. The van der Waals surface area contributed by atoms with E-state index in [1.54, 1.807) is 6.07 Å². The number of rotatable bonds is 9. The highest BCUT2D eigenvalue weighted by Crippen LogP contribution is 2.37. The van der Waals surface area contributed by atoms with Crippen LogP contribution in [0.1, 0.15) is 82.3 Å². The zero-order chi connectivity index (χ0) is 25.7. The summed E-state index contributed by atoms with van der Waals surface area (Å²) in [6.07, 6.45) is 11.3. The number of hydrogen-bond donors (Lipinski definition) is 0. The fourth-order valence-electron chi connectivity index (χ4n) is 5.78. The average Bonchev–Trinajstić information content (AvgIpc) is 2.84. The van der Waals surface area contributed by atoms with Gasteiger partial charge in [-0.2, -0.15) is 0 Å². The number of halogens is 5. The van der Waals surface area contributed by atoms with Gasteiger partial charge in [-0.1, -0.05) is 88.1 Å². The Kier molecular flexibility index (Phi) is 8.74. The van der Waals surface area contributed by atoms with Gasteiger partial charge in [0.1, 0.15) is 5.82 Å². The number of allylic oxidation sites excluding steroid dienone is 2. The number of unbranched alkanes of at least 4 members (excludes halogenated alkanes) is 2. The van der Waals surface area contributed by atoms with E-state index < -0.39 is 23.7 Å². The molecule has 0 atom stereocenters. The van der Waals surface area contributed by atoms with Crippen molar-refractivity contribution in [2.24, 2.45) is 11.8 Å². The molecule has 1 saturated carbocycles. The molecule has 0 saturated heterocycles. The third-order valence-corrected chi connectivity index (χ3v) is 7.88. The number of fused-ring (bicyclic) bond motifs is 1. The summed E-state index contributed by atoms with van der Waals surface area (Å²) in [5, 5.41) is 0. The van der Waals surface area contributed by atoms with E-state index in [9.17, 15) is 17.6 Å². The quantitative estimate of drug-likeness (QED) is 0.187. The van der Waals surface area contributed by atoms with Gasteiger partial charge in [-0.05, 0) is 66.3 Å². The summed E-state index contributed by atoms with van der Waals surface area (Å²) in [5.41, 5.74) is 3.23. The lowest BCUT2D eigenvalue weighted by molar-refractivity contribution is -0.275. The minimum atomic E-state index is -4.99. The lowest BCUT2D eigenvalue weighted by atomic mass is 9.77. The van der Waals surface area contributed by atoms with Crippen LogP contribution in [-0.4, -0.2) is 6.36 Å². The van der Waals surface area contributed by atoms with Gasteiger partial charge in [0.05, 0.1) is 0 Å². The van der Waals surface area contributed by atoms with Crippen molar-refractivity contribution in [1.29, 1.82) is 0 Å². The van der Waals surface area contributed by atoms with E-state index in [0.717, 1.165) is 36.0 Å². The molecule has 2 aromatic carbocycles. The van der Waals surface area contributed by atoms with Crippen molar-refractivity contribution in [2.75, 3.05) is 0 Å². The maximum Gasteiger partial charge on any atom is 0.573 e. The molecule has 0 radical (unpaired) electrons. The predicted molar refractivity (Wildman–Crippen MR) is 133 cm³/mol. The van der Waals surface area contributed by atoms with Gasteiger partial charge in [-0.25, -0.2) is 8.78 Å². The van der Waals surface area contributed by atoms with Crippen molar-refractivity contribution in [3.63, 3.8) is 0 Å². The molecule has 1 fully saturated rings. The third-order valence-electron chi connectivity index (χ3n) is 7.88. The molecule has 2 aliphatic rings. The second-order valence-electron chi connectivity index (χ2n) is 10.4. The monoisotopic (exact) mass is 506 g/mol. The molecule has 2 aliphatic carbocycles. The average molecular weight is 507 g/mol. The molecular formula is C30H35F5O. The summed E-state index contributed by atoms with van der Waals surface area (Å²) < 4.78 is 70.4. The zero-order valence-electron chi connectivity index (χ0n) is 20.9. The highest BCUT2D eigenvalue weighted by molar-refractivity contribution is 5.67. The van der Waals surface area contributed by atoms with Gasteiger partial charge in [0.25, 0.3) is 0 Å². The fraction of sp³-hybridized carbons (Fsp3) is 0.533. The second-order valence-corrected chi connectivity index (χ2v) is 10.4. The smallest absolute Gasteiger partial charge is 0.403 e. The van der Waals surface area contributed by atoms with Crippen LogP contribution in [0.25, 0.3) is 11.1 Å². The van der Waals surface area contributed by atoms with Crippen LogP contribution in [0.5, 0.6) is 5.75 Å². The van der Waals surface area contributed by atoms with Crippen LogP contribution < -0.4 is 4.74 Å². The first kappa shape index (κ1) is 26.7. The SMILES string of the molecule is CCCCCC1CCC(CCC2=CCc3c(ccc(-c4ccc(OC(F)(F)F)c(F)c4)c3F)C2)CC1. The Hall–Kier alpha value is -2.37. The predicted octanol–water partition coefficient (Wildman–Crippen LogP) is 9.72. The Bertz CT molecular complexity index is 1060. The standard InChI is InChI=1S/C30H35F5O/c1-2-3-4-5-20-6-8-21(9-7-20)10-11-22-12-15-25-23(18-22)13-16-26(29(25)32)24-14-17-28(27(31)19-24)36-30(33,34)35/h12-14,16-17,19-21H,2-11,15,18H2,1H3. The molecule has 0 unspecified atom stereocenters. The van der Waals surface area contributed by atoms with Gasteiger partial charge in [0.2, 0.25) is 0 Å². The maximum absolute atomic E-state index is 15.3. The Balaban J connectivity index is 1.34. The minimum absolute atomic E-state index is 0.179. The van der Waals surface area contributed by atoms with Gasteiger partial charge in [0, 0.05) is 5.56 Å². The summed E-state index contributed by atoms with van der Waals surface area (Å²) in [6, 6.07) is 6.47. The van der Waals surface area contributed by atoms with Gasteiger partial charge < -0.3 is 4.74 Å². The first-order valence-electron chi connectivity index (χ1n) is 13.3. The molecule has 0 aliphatic heterocycles. The molecule has 0 amide bonds. The summed E-state index contributed by atoms with van der Waals surface area (Å²) in [7, 11) is 0. The number of ether oxygens (including phenoxy) is 1. The zero-order valence-corrected chi connectivity index (χ0v) is 20.9. The van der Waals surface area contributed by atoms with Crippen LogP contribution in [0.15, 0.2) is 42.0 Å². The Morgan fingerprint density at radius 2 is 1.64 bits per heavy atom. The van der Waals surface area contributed by atoms with Crippen molar-refractivity contribution >= 4 is 0 Å². The van der Waals surface area contributed by atoms with E-state index in [4.69, 9.17) is 0 Å². The van der Waals surface area contributed by atoms with Crippen LogP contribution in [-0.2, 0) is 12.8 Å². The molecule has 2 aromatic rings. The lowest BCUT2D eigenvalue weighted by Gasteiger charge is -2.29. The summed E-state index contributed by atoms with van der Waals surface area (Å²) in [4.78, 5) is 0. The minimum Gasteiger partial charge on any atom is -0.403 e. The molecule has 6 heteroatoms. The van der Waals surface area contributed by atoms with Gasteiger partial charge in [0.15, 0.2) is 11.6 Å². The summed E-state index contributed by atoms with van der Waals surface area (Å²) >= 11 is 0. The third kappa shape index (κ3) is 6.89. The largest absolute Gasteiger partial charge is 0.573 e. The van der Waals surface area contributed by atoms with Crippen molar-refractivity contribution in [1.82, 2.24) is 0 Å². The fourth-order valence-corrected chi connectivity index (χ4v) is 5.78. The molecule has 0 aromatic heterocycles. The molecule has 0 heterocycles. The van der Waals surface area contributed by atoms with E-state index in [1.807, 2.05) is 6.07 Å². The van der Waals surface area contributed by atoms with Gasteiger partial charge >= 0.3 is 6.36 Å². The molecule has 4 rings (SSSR count). The molecule has 0 N–H and O–H groups in total. The van der Waals surface area contributed by atoms with Gasteiger partial charge in [-0.3, -0.25) is 0 Å². The van der Waals surface area contributed by atoms with Crippen LogP contribution in [0.3, 0.4) is 0 Å². The lowest BCUT2D eigenvalue weighted by Crippen LogP contribution is -2.17. The van der Waals surface area contributed by atoms with Gasteiger partial charge in [-0.15, -0.1) is 13.2 Å². The van der Waals surface area contributed by atoms with Crippen molar-refractivity contribution in [3.05, 3.63) is 64.7 Å². The number of alkyl halides is 3. The van der Waals surface area contributed by atoms with E-state index >= 15 is 4.39 Å². The molecular weight excluding hydrogens is 471 g/mol. The number of hydrogen-bond acceptors (Lipinski definition) is 1. The van der Waals surface area contributed by atoms with Crippen molar-refractivity contribution in [3.8, 4) is 16.9 Å². The normalized spacial score (nSPS) is 20.1. The highest BCUT2D eigenvalue weighted by Gasteiger charge is 2.32. The summed E-state index contributed by atoms with van der Waals surface area (Å²) in [6.45, 7) is 2.25.